The number of rotatable bonds is 14. The Morgan fingerprint density at radius 3 is 2.33 bits per heavy atom. The normalized spacial score (nSPS) is 12.2. The number of hydrogen-bond acceptors (Lipinski definition) is 6. The summed E-state index contributed by atoms with van der Waals surface area (Å²) in [5, 5.41) is 11.1. The van der Waals surface area contributed by atoms with Crippen LogP contribution in [-0.2, 0) is 20.8 Å². The van der Waals surface area contributed by atoms with Crippen LogP contribution in [0.5, 0.6) is 11.5 Å². The molecule has 16 heteroatoms. The van der Waals surface area contributed by atoms with Gasteiger partial charge < -0.3 is 29.9 Å². The lowest BCUT2D eigenvalue weighted by molar-refractivity contribution is -0.274. The Morgan fingerprint density at radius 1 is 0.980 bits per heavy atom. The molecular formula is C33H36F6N4O6. The summed E-state index contributed by atoms with van der Waals surface area (Å²) in [6.07, 6.45) is -4.30. The molecule has 1 atom stereocenters. The standard InChI is InChI=1S/C31H35F3N4O4.C2HF3O2/c1-4-21(39)10-6-5-7-12-27(30-35-18-28(38-30)20-9-8-11-23(15-20)42-31(32,33)34)37-29(40)17-24-19(2)36-26-14-13-22(41-3)16-25(24)26;3-2(4,5)1(6)7/h8-9,11,13-16,18,27,36H,4-7,10,12,17H2,1-3H3,(H,35,38)(H,37,40);(H,6,7)/t27-;/m0./s1. The molecule has 4 aromatic rings. The van der Waals surface area contributed by atoms with E-state index in [-0.39, 0.29) is 23.9 Å². The highest BCUT2D eigenvalue weighted by Crippen LogP contribution is 2.30. The van der Waals surface area contributed by atoms with Crippen LogP contribution in [-0.4, -0.2) is 57.4 Å². The predicted molar refractivity (Wildman–Crippen MR) is 167 cm³/mol. The quantitative estimate of drug-likeness (QED) is 0.0779. The maximum atomic E-state index is 13.4. The van der Waals surface area contributed by atoms with Crippen LogP contribution in [0.15, 0.2) is 48.7 Å². The number of carboxylic acids is 1. The number of ether oxygens (including phenoxy) is 2. The van der Waals surface area contributed by atoms with Crippen LogP contribution in [0.25, 0.3) is 22.2 Å². The molecule has 0 bridgehead atoms. The third-order valence-electron chi connectivity index (χ3n) is 7.39. The zero-order valence-electron chi connectivity index (χ0n) is 26.8. The third-order valence-corrected chi connectivity index (χ3v) is 7.39. The highest BCUT2D eigenvalue weighted by molar-refractivity contribution is 5.91. The van der Waals surface area contributed by atoms with Crippen LogP contribution < -0.4 is 14.8 Å². The van der Waals surface area contributed by atoms with Gasteiger partial charge in [0, 0.05) is 35.0 Å². The number of H-pyrrole nitrogens is 2. The first kappa shape index (κ1) is 38.4. The minimum absolute atomic E-state index is 0.130. The Balaban J connectivity index is 0.000000838. The van der Waals surface area contributed by atoms with Crippen molar-refractivity contribution in [1.82, 2.24) is 20.3 Å². The molecule has 2 aromatic heterocycles. The van der Waals surface area contributed by atoms with Crippen molar-refractivity contribution in [2.75, 3.05) is 7.11 Å². The number of alkyl halides is 6. The Kier molecular flexibility index (Phi) is 13.2. The Hall–Kier alpha value is -5.02. The fourth-order valence-electron chi connectivity index (χ4n) is 4.94. The molecule has 1 amide bonds. The summed E-state index contributed by atoms with van der Waals surface area (Å²) in [6, 6.07) is 10.8. The summed E-state index contributed by atoms with van der Waals surface area (Å²) in [4.78, 5) is 44.9. The summed E-state index contributed by atoms with van der Waals surface area (Å²) in [5.74, 6) is -1.90. The molecule has 0 spiro atoms. The van der Waals surface area contributed by atoms with Gasteiger partial charge in [-0.2, -0.15) is 13.2 Å². The number of imidazole rings is 1. The van der Waals surface area contributed by atoms with E-state index >= 15 is 0 Å². The number of carboxylic acid groups (broad SMARTS) is 1. The summed E-state index contributed by atoms with van der Waals surface area (Å²) >= 11 is 0. The number of carbonyl (C=O) groups is 3. The van der Waals surface area contributed by atoms with Gasteiger partial charge in [-0.25, -0.2) is 9.78 Å². The second-order valence-corrected chi connectivity index (χ2v) is 11.0. The summed E-state index contributed by atoms with van der Waals surface area (Å²) in [7, 11) is 1.59. The number of aromatic nitrogens is 3. The van der Waals surface area contributed by atoms with Gasteiger partial charge in [0.25, 0.3) is 0 Å². The van der Waals surface area contributed by atoms with Crippen LogP contribution in [0.2, 0.25) is 0 Å². The molecule has 10 nitrogen and oxygen atoms in total. The summed E-state index contributed by atoms with van der Waals surface area (Å²) in [6.45, 7) is 3.76. The Bertz CT molecular complexity index is 1730. The number of aromatic amines is 2. The van der Waals surface area contributed by atoms with Crippen molar-refractivity contribution in [2.24, 2.45) is 0 Å². The Morgan fingerprint density at radius 2 is 1.69 bits per heavy atom. The smallest absolute Gasteiger partial charge is 0.497 e. The van der Waals surface area contributed by atoms with Gasteiger partial charge in [0.2, 0.25) is 5.91 Å². The van der Waals surface area contributed by atoms with Crippen molar-refractivity contribution in [3.05, 3.63) is 65.7 Å². The van der Waals surface area contributed by atoms with Crippen molar-refractivity contribution in [3.8, 4) is 22.8 Å². The number of halogens is 6. The molecule has 2 heterocycles. The van der Waals surface area contributed by atoms with Gasteiger partial charge in [-0.3, -0.25) is 9.59 Å². The number of aryl methyl sites for hydroxylation is 1. The van der Waals surface area contributed by atoms with Crippen LogP contribution >= 0.6 is 0 Å². The first-order valence-corrected chi connectivity index (χ1v) is 15.2. The van der Waals surface area contributed by atoms with E-state index in [0.717, 1.165) is 41.4 Å². The number of ketones is 1. The highest BCUT2D eigenvalue weighted by atomic mass is 19.4. The topological polar surface area (TPSA) is 146 Å². The lowest BCUT2D eigenvalue weighted by Gasteiger charge is -2.17. The van der Waals surface area contributed by atoms with Crippen molar-refractivity contribution >= 4 is 28.6 Å². The minimum Gasteiger partial charge on any atom is -0.497 e. The number of amides is 1. The lowest BCUT2D eigenvalue weighted by atomic mass is 10.0. The van der Waals surface area contributed by atoms with Crippen LogP contribution in [0.4, 0.5) is 26.3 Å². The maximum absolute atomic E-state index is 13.4. The van der Waals surface area contributed by atoms with E-state index in [2.05, 4.69) is 25.0 Å². The number of fused-ring (bicyclic) bond motifs is 1. The number of nitrogens with one attached hydrogen (secondary N) is 3. The van der Waals surface area contributed by atoms with Gasteiger partial charge in [0.1, 0.15) is 23.1 Å². The van der Waals surface area contributed by atoms with E-state index in [0.29, 0.717) is 42.1 Å². The number of hydrogen-bond donors (Lipinski definition) is 4. The van der Waals surface area contributed by atoms with Gasteiger partial charge in [-0.1, -0.05) is 31.9 Å². The number of methoxy groups -OCH3 is 1. The molecule has 4 N–H and O–H groups in total. The molecule has 0 saturated heterocycles. The van der Waals surface area contributed by atoms with Crippen LogP contribution in [0, 0.1) is 6.92 Å². The molecule has 4 rings (SSSR count). The molecular weight excluding hydrogens is 662 g/mol. The minimum atomic E-state index is -5.08. The van der Waals surface area contributed by atoms with E-state index in [9.17, 15) is 35.9 Å². The predicted octanol–water partition coefficient (Wildman–Crippen LogP) is 7.74. The molecule has 266 valence electrons. The van der Waals surface area contributed by atoms with Crippen molar-refractivity contribution in [2.45, 2.75) is 77.4 Å². The molecule has 0 fully saturated rings. The molecule has 0 saturated carbocycles. The SMILES string of the molecule is CCC(=O)CCCCC[C@H](NC(=O)Cc1c(C)[nH]c2ccc(OC)cc12)c1ncc(-c2cccc(OC(F)(F)F)c2)[nH]1.O=C(O)C(F)(F)F. The fourth-order valence-corrected chi connectivity index (χ4v) is 4.94. The fraction of sp³-hybridized carbons (Fsp3) is 0.394. The molecule has 0 unspecified atom stereocenters. The molecule has 0 aliphatic rings. The molecule has 2 aromatic carbocycles. The van der Waals surface area contributed by atoms with Crippen LogP contribution in [0.3, 0.4) is 0 Å². The first-order valence-electron chi connectivity index (χ1n) is 15.2. The van der Waals surface area contributed by atoms with Crippen LogP contribution in [0.1, 0.15) is 68.6 Å². The molecule has 0 aliphatic carbocycles. The lowest BCUT2D eigenvalue weighted by Crippen LogP contribution is -2.30. The number of Topliss-reactive ketones (excluding diaryl/α,β-unsaturated/α-hetero) is 1. The van der Waals surface area contributed by atoms with E-state index < -0.39 is 24.5 Å². The number of aliphatic carboxylic acids is 1. The molecule has 49 heavy (non-hydrogen) atoms. The highest BCUT2D eigenvalue weighted by Gasteiger charge is 2.38. The largest absolute Gasteiger partial charge is 0.573 e. The molecule has 0 radical (unpaired) electrons. The molecule has 0 aliphatic heterocycles. The monoisotopic (exact) mass is 698 g/mol. The average molecular weight is 699 g/mol. The number of nitrogens with zero attached hydrogens (tertiary/aromatic N) is 1. The van der Waals surface area contributed by atoms with E-state index in [4.69, 9.17) is 14.6 Å². The van der Waals surface area contributed by atoms with Gasteiger partial charge in [-0.05, 0) is 55.7 Å². The second-order valence-electron chi connectivity index (χ2n) is 11.0. The maximum Gasteiger partial charge on any atom is 0.573 e. The third kappa shape index (κ3) is 11.9. The van der Waals surface area contributed by atoms with E-state index in [1.165, 1.54) is 24.4 Å². The summed E-state index contributed by atoms with van der Waals surface area (Å²) in [5.41, 5.74) is 3.60. The number of benzene rings is 2. The van der Waals surface area contributed by atoms with E-state index in [1.54, 1.807) is 13.2 Å². The zero-order chi connectivity index (χ0) is 36.4. The van der Waals surface area contributed by atoms with Crippen molar-refractivity contribution < 1.29 is 55.3 Å². The number of carbonyl (C=O) groups excluding carboxylic acids is 2. The van der Waals surface area contributed by atoms with Gasteiger partial charge in [-0.15, -0.1) is 13.2 Å². The second kappa shape index (κ2) is 16.9. The zero-order valence-corrected chi connectivity index (χ0v) is 26.8. The number of unbranched alkanes of at least 4 members (excludes halogenated alkanes) is 2. The van der Waals surface area contributed by atoms with Gasteiger partial charge in [0.15, 0.2) is 0 Å². The van der Waals surface area contributed by atoms with Gasteiger partial charge >= 0.3 is 18.5 Å². The summed E-state index contributed by atoms with van der Waals surface area (Å²) < 4.78 is 79.3. The van der Waals surface area contributed by atoms with Crippen molar-refractivity contribution in [3.63, 3.8) is 0 Å². The van der Waals surface area contributed by atoms with Crippen molar-refractivity contribution in [1.29, 1.82) is 0 Å². The van der Waals surface area contributed by atoms with E-state index in [1.807, 2.05) is 32.0 Å². The first-order chi connectivity index (χ1) is 23.0. The van der Waals surface area contributed by atoms with Gasteiger partial charge in [0.05, 0.1) is 31.5 Å². The Labute approximate surface area is 277 Å². The average Bonchev–Trinajstić information content (AvgIpc) is 3.64.